The van der Waals surface area contributed by atoms with Gasteiger partial charge in [0, 0.05) is 17.3 Å². The molecule has 0 bridgehead atoms. The van der Waals surface area contributed by atoms with E-state index < -0.39 is 0 Å². The molecule has 0 unspecified atom stereocenters. The van der Waals surface area contributed by atoms with Gasteiger partial charge in [-0.3, -0.25) is 4.68 Å². The van der Waals surface area contributed by atoms with Crippen molar-refractivity contribution in [1.29, 1.82) is 0 Å². The molecular formula is C14H18N2. The van der Waals surface area contributed by atoms with Crippen LogP contribution in [0, 0.1) is 0 Å². The molecule has 0 amide bonds. The van der Waals surface area contributed by atoms with Crippen molar-refractivity contribution < 1.29 is 0 Å². The summed E-state index contributed by atoms with van der Waals surface area (Å²) in [7, 11) is 0. The Balaban J connectivity index is 2.26. The maximum absolute atomic E-state index is 4.39. The number of aromatic nitrogens is 2. The zero-order valence-corrected chi connectivity index (χ0v) is 10.1. The van der Waals surface area contributed by atoms with E-state index >= 15 is 0 Å². The number of hydrogen-bond donors (Lipinski definition) is 0. The number of rotatable bonds is 2. The van der Waals surface area contributed by atoms with Crippen LogP contribution in [0.25, 0.3) is 0 Å². The summed E-state index contributed by atoms with van der Waals surface area (Å²) in [5, 5.41) is 4.39. The molecule has 84 valence electrons. The second kappa shape index (κ2) is 4.12. The Labute approximate surface area is 96.9 Å². The predicted molar refractivity (Wildman–Crippen MR) is 66.5 cm³/mol. The predicted octanol–water partition coefficient (Wildman–Crippen LogP) is 3.23. The van der Waals surface area contributed by atoms with E-state index in [9.17, 15) is 0 Å². The second-order valence-corrected chi connectivity index (χ2v) is 5.11. The molecule has 0 saturated carbocycles. The van der Waals surface area contributed by atoms with E-state index in [1.807, 2.05) is 12.3 Å². The second-order valence-electron chi connectivity index (χ2n) is 5.11. The first-order valence-electron chi connectivity index (χ1n) is 5.63. The van der Waals surface area contributed by atoms with Crippen molar-refractivity contribution in [1.82, 2.24) is 9.78 Å². The third kappa shape index (κ3) is 2.32. The SMILES string of the molecule is CC(C)(C)c1ccnn1Cc1ccccc1. The monoisotopic (exact) mass is 214 g/mol. The molecule has 0 fully saturated rings. The van der Waals surface area contributed by atoms with Crippen LogP contribution in [0.4, 0.5) is 0 Å². The average molecular weight is 214 g/mol. The summed E-state index contributed by atoms with van der Waals surface area (Å²) in [5.41, 5.74) is 2.71. The summed E-state index contributed by atoms with van der Waals surface area (Å²) in [6, 6.07) is 12.5. The Hall–Kier alpha value is -1.57. The molecule has 1 aromatic carbocycles. The molecule has 0 aliphatic rings. The Morgan fingerprint density at radius 3 is 2.38 bits per heavy atom. The molecule has 2 aromatic rings. The molecular weight excluding hydrogens is 196 g/mol. The zero-order valence-electron chi connectivity index (χ0n) is 10.1. The minimum atomic E-state index is 0.144. The first-order chi connectivity index (χ1) is 7.57. The van der Waals surface area contributed by atoms with Gasteiger partial charge in [0.2, 0.25) is 0 Å². The van der Waals surface area contributed by atoms with Gasteiger partial charge in [0.25, 0.3) is 0 Å². The van der Waals surface area contributed by atoms with Gasteiger partial charge in [-0.25, -0.2) is 0 Å². The van der Waals surface area contributed by atoms with Gasteiger partial charge in [0.1, 0.15) is 0 Å². The van der Waals surface area contributed by atoms with E-state index in [-0.39, 0.29) is 5.41 Å². The van der Waals surface area contributed by atoms with Crippen LogP contribution in [0.2, 0.25) is 0 Å². The quantitative estimate of drug-likeness (QED) is 0.750. The molecule has 0 aliphatic heterocycles. The lowest BCUT2D eigenvalue weighted by Crippen LogP contribution is -2.18. The molecule has 0 radical (unpaired) electrons. The standard InChI is InChI=1S/C14H18N2/c1-14(2,3)13-9-10-15-16(13)11-12-7-5-4-6-8-12/h4-10H,11H2,1-3H3. The summed E-state index contributed by atoms with van der Waals surface area (Å²) in [5.74, 6) is 0. The van der Waals surface area contributed by atoms with E-state index in [4.69, 9.17) is 0 Å². The number of hydrogen-bond acceptors (Lipinski definition) is 1. The van der Waals surface area contributed by atoms with Gasteiger partial charge in [0.15, 0.2) is 0 Å². The lowest BCUT2D eigenvalue weighted by Gasteiger charge is -2.20. The largest absolute Gasteiger partial charge is 0.265 e. The fraction of sp³-hybridized carbons (Fsp3) is 0.357. The van der Waals surface area contributed by atoms with Crippen LogP contribution >= 0.6 is 0 Å². The fourth-order valence-electron chi connectivity index (χ4n) is 1.85. The summed E-state index contributed by atoms with van der Waals surface area (Å²) in [4.78, 5) is 0. The summed E-state index contributed by atoms with van der Waals surface area (Å²) >= 11 is 0. The molecule has 1 aromatic heterocycles. The van der Waals surface area contributed by atoms with Gasteiger partial charge in [-0.15, -0.1) is 0 Å². The Kier molecular flexibility index (Phi) is 2.82. The molecule has 1 heterocycles. The smallest absolute Gasteiger partial charge is 0.0662 e. The highest BCUT2D eigenvalue weighted by Gasteiger charge is 2.18. The third-order valence-electron chi connectivity index (χ3n) is 2.66. The third-order valence-corrected chi connectivity index (χ3v) is 2.66. The molecule has 0 saturated heterocycles. The van der Waals surface area contributed by atoms with Crippen molar-refractivity contribution in [3.8, 4) is 0 Å². The lowest BCUT2D eigenvalue weighted by atomic mass is 9.92. The van der Waals surface area contributed by atoms with Gasteiger partial charge in [0.05, 0.1) is 6.54 Å². The average Bonchev–Trinajstić information content (AvgIpc) is 2.67. The molecule has 0 aliphatic carbocycles. The van der Waals surface area contributed by atoms with E-state index in [1.54, 1.807) is 0 Å². The Morgan fingerprint density at radius 2 is 1.75 bits per heavy atom. The zero-order chi connectivity index (χ0) is 11.6. The summed E-state index contributed by atoms with van der Waals surface area (Å²) in [6.45, 7) is 7.49. The van der Waals surface area contributed by atoms with Gasteiger partial charge in [-0.05, 0) is 11.6 Å². The normalized spacial score (nSPS) is 11.7. The first kappa shape index (κ1) is 10.9. The van der Waals surface area contributed by atoms with Crippen LogP contribution in [-0.2, 0) is 12.0 Å². The van der Waals surface area contributed by atoms with Crippen LogP contribution in [0.5, 0.6) is 0 Å². The Bertz CT molecular complexity index is 449. The Morgan fingerprint density at radius 1 is 1.06 bits per heavy atom. The van der Waals surface area contributed by atoms with Crippen molar-refractivity contribution in [2.45, 2.75) is 32.7 Å². The van der Waals surface area contributed by atoms with Crippen molar-refractivity contribution in [2.24, 2.45) is 0 Å². The van der Waals surface area contributed by atoms with Crippen LogP contribution in [0.3, 0.4) is 0 Å². The highest BCUT2D eigenvalue weighted by molar-refractivity contribution is 5.18. The van der Waals surface area contributed by atoms with Crippen molar-refractivity contribution in [3.05, 3.63) is 53.9 Å². The van der Waals surface area contributed by atoms with Crippen molar-refractivity contribution in [2.75, 3.05) is 0 Å². The number of benzene rings is 1. The summed E-state index contributed by atoms with van der Waals surface area (Å²) < 4.78 is 2.08. The van der Waals surface area contributed by atoms with Crippen molar-refractivity contribution in [3.63, 3.8) is 0 Å². The molecule has 0 atom stereocenters. The van der Waals surface area contributed by atoms with Crippen LogP contribution < -0.4 is 0 Å². The minimum absolute atomic E-state index is 0.144. The van der Waals surface area contributed by atoms with Gasteiger partial charge < -0.3 is 0 Å². The molecule has 2 heteroatoms. The molecule has 0 spiro atoms. The molecule has 2 nitrogen and oxygen atoms in total. The molecule has 16 heavy (non-hydrogen) atoms. The minimum Gasteiger partial charge on any atom is -0.265 e. The molecule has 2 rings (SSSR count). The fourth-order valence-corrected chi connectivity index (χ4v) is 1.85. The van der Waals surface area contributed by atoms with Gasteiger partial charge in [-0.1, -0.05) is 51.1 Å². The van der Waals surface area contributed by atoms with Gasteiger partial charge >= 0.3 is 0 Å². The van der Waals surface area contributed by atoms with Crippen molar-refractivity contribution >= 4 is 0 Å². The van der Waals surface area contributed by atoms with E-state index in [2.05, 4.69) is 60.9 Å². The van der Waals surface area contributed by atoms with E-state index in [0.29, 0.717) is 0 Å². The number of nitrogens with zero attached hydrogens (tertiary/aromatic N) is 2. The highest BCUT2D eigenvalue weighted by Crippen LogP contribution is 2.22. The maximum Gasteiger partial charge on any atom is 0.0662 e. The van der Waals surface area contributed by atoms with Gasteiger partial charge in [-0.2, -0.15) is 5.10 Å². The van der Waals surface area contributed by atoms with E-state index in [0.717, 1.165) is 6.54 Å². The topological polar surface area (TPSA) is 17.8 Å². The van der Waals surface area contributed by atoms with Crippen LogP contribution in [-0.4, -0.2) is 9.78 Å². The van der Waals surface area contributed by atoms with Crippen LogP contribution in [0.1, 0.15) is 32.0 Å². The first-order valence-corrected chi connectivity index (χ1v) is 5.63. The molecule has 0 N–H and O–H groups in total. The van der Waals surface area contributed by atoms with E-state index in [1.165, 1.54) is 11.3 Å². The maximum atomic E-state index is 4.39. The lowest BCUT2D eigenvalue weighted by molar-refractivity contribution is 0.505. The summed E-state index contributed by atoms with van der Waals surface area (Å²) in [6.07, 6.45) is 1.88. The van der Waals surface area contributed by atoms with Crippen LogP contribution in [0.15, 0.2) is 42.6 Å². The highest BCUT2D eigenvalue weighted by atomic mass is 15.3.